The van der Waals surface area contributed by atoms with Crippen LogP contribution < -0.4 is 10.6 Å². The summed E-state index contributed by atoms with van der Waals surface area (Å²) in [4.78, 5) is 84.6. The fourth-order valence-corrected chi connectivity index (χ4v) is 5.53. The number of carbonyl (C=O) groups excluding carboxylic acids is 6. The van der Waals surface area contributed by atoms with Gasteiger partial charge in [-0.15, -0.1) is 0 Å². The molecule has 5 amide bonds. The highest BCUT2D eigenvalue weighted by atomic mass is 16.5. The minimum absolute atomic E-state index is 0.0358. The van der Waals surface area contributed by atoms with E-state index in [1.165, 1.54) is 21.7 Å². The second kappa shape index (κ2) is 15.3. The Balaban J connectivity index is 2.54. The number of nitrogens with zero attached hydrogens (tertiary/aromatic N) is 3. The van der Waals surface area contributed by atoms with Crippen LogP contribution in [0.5, 0.6) is 0 Å². The van der Waals surface area contributed by atoms with E-state index >= 15 is 0 Å². The molecule has 2 rings (SSSR count). The molecule has 2 heterocycles. The summed E-state index contributed by atoms with van der Waals surface area (Å²) in [5.74, 6) is -3.36. The molecule has 2 aliphatic heterocycles. The first-order valence-electron chi connectivity index (χ1n) is 15.2. The molecule has 0 spiro atoms. The lowest BCUT2D eigenvalue weighted by Gasteiger charge is -2.38. The van der Waals surface area contributed by atoms with Gasteiger partial charge in [-0.1, -0.05) is 48.0 Å². The van der Waals surface area contributed by atoms with Gasteiger partial charge in [0.25, 0.3) is 5.91 Å². The Hall–Kier alpha value is -3.18. The van der Waals surface area contributed by atoms with Crippen LogP contribution in [0.1, 0.15) is 80.6 Å². The average Bonchev–Trinajstić information content (AvgIpc) is 3.42. The maximum absolute atomic E-state index is 13.9. The van der Waals surface area contributed by atoms with Crippen molar-refractivity contribution in [1.82, 2.24) is 25.3 Å². The van der Waals surface area contributed by atoms with Crippen LogP contribution in [-0.4, -0.2) is 108 Å². The van der Waals surface area contributed by atoms with E-state index in [9.17, 15) is 28.8 Å². The molecule has 2 fully saturated rings. The van der Waals surface area contributed by atoms with Crippen molar-refractivity contribution < 1.29 is 33.5 Å². The molecule has 0 unspecified atom stereocenters. The Morgan fingerprint density at radius 2 is 1.55 bits per heavy atom. The Morgan fingerprint density at radius 1 is 0.905 bits per heavy atom. The third-order valence-electron chi connectivity index (χ3n) is 8.44. The van der Waals surface area contributed by atoms with Gasteiger partial charge in [0, 0.05) is 27.2 Å². The van der Waals surface area contributed by atoms with Crippen LogP contribution in [0.2, 0.25) is 0 Å². The molecule has 238 valence electrons. The van der Waals surface area contributed by atoms with Gasteiger partial charge in [-0.25, -0.2) is 0 Å². The molecule has 12 heteroatoms. The Bertz CT molecular complexity index is 1020. The maximum atomic E-state index is 13.9. The molecule has 0 bridgehead atoms. The fourth-order valence-electron chi connectivity index (χ4n) is 5.53. The number of amides is 5. The molecule has 2 aliphatic rings. The van der Waals surface area contributed by atoms with Gasteiger partial charge >= 0.3 is 5.97 Å². The van der Waals surface area contributed by atoms with Crippen LogP contribution in [0, 0.1) is 17.8 Å². The number of nitrogens with one attached hydrogen (secondary N) is 2. The van der Waals surface area contributed by atoms with Crippen LogP contribution in [0.15, 0.2) is 0 Å². The largest absolute Gasteiger partial charge is 0.452 e. The van der Waals surface area contributed by atoms with Crippen molar-refractivity contribution in [1.29, 1.82) is 0 Å². The van der Waals surface area contributed by atoms with Crippen LogP contribution in [-0.2, 0) is 33.5 Å². The molecule has 0 aliphatic carbocycles. The smallest absolute Gasteiger partial charge is 0.308 e. The van der Waals surface area contributed by atoms with Gasteiger partial charge in [0.05, 0.1) is 6.42 Å². The van der Waals surface area contributed by atoms with Crippen LogP contribution >= 0.6 is 0 Å². The standard InChI is InChI=1S/C30H51N5O7/c1-10-19(6)24-29(40)34(9)25(18(4)5)30(41)33(8)20(7)26(37)31-14-13-23(36)42-22(16-17(2)3)28(39)35-15-11-12-21(35)27(38)32-24/h17-22,24-25H,10-16H2,1-9H3,(H,31,37)(H,32,38)/t19-,20+,21-,22-,24-,25+/m0/s1. The number of hydrogen-bond donors (Lipinski definition) is 2. The van der Waals surface area contributed by atoms with E-state index in [0.29, 0.717) is 25.8 Å². The lowest BCUT2D eigenvalue weighted by molar-refractivity contribution is -0.162. The lowest BCUT2D eigenvalue weighted by Crippen LogP contribution is -2.60. The van der Waals surface area contributed by atoms with Crippen molar-refractivity contribution in [2.45, 2.75) is 111 Å². The van der Waals surface area contributed by atoms with Crippen molar-refractivity contribution >= 4 is 35.5 Å². The summed E-state index contributed by atoms with van der Waals surface area (Å²) in [6, 6.07) is -3.52. The predicted octanol–water partition coefficient (Wildman–Crippen LogP) is 1.32. The first-order chi connectivity index (χ1) is 19.6. The SMILES string of the molecule is CC[C@H](C)[C@@H]1NC(=O)[C@@H]2CCCN2C(=O)[C@H](CC(C)C)OC(=O)CCNC(=O)[C@@H](C)N(C)C(=O)[C@@H](C(C)C)N(C)C1=O. The van der Waals surface area contributed by atoms with Crippen molar-refractivity contribution in [3.8, 4) is 0 Å². The number of carbonyl (C=O) groups is 6. The quantitative estimate of drug-likeness (QED) is 0.457. The topological polar surface area (TPSA) is 145 Å². The zero-order valence-electron chi connectivity index (χ0n) is 26.8. The van der Waals surface area contributed by atoms with Gasteiger partial charge in [-0.05, 0) is 43.9 Å². The first-order valence-corrected chi connectivity index (χ1v) is 15.2. The Kier molecular flexibility index (Phi) is 12.8. The first kappa shape index (κ1) is 35.0. The number of rotatable bonds is 5. The van der Waals surface area contributed by atoms with E-state index in [4.69, 9.17) is 4.74 Å². The lowest BCUT2D eigenvalue weighted by atomic mass is 9.94. The summed E-state index contributed by atoms with van der Waals surface area (Å²) in [6.45, 7) is 13.1. The molecule has 42 heavy (non-hydrogen) atoms. The van der Waals surface area contributed by atoms with E-state index in [1.54, 1.807) is 14.0 Å². The Labute approximate surface area is 250 Å². The number of hydrogen-bond acceptors (Lipinski definition) is 7. The normalized spacial score (nSPS) is 28.6. The zero-order chi connectivity index (χ0) is 31.9. The summed E-state index contributed by atoms with van der Waals surface area (Å²) >= 11 is 0. The number of fused-ring (bicyclic) bond motifs is 1. The van der Waals surface area contributed by atoms with Crippen molar-refractivity contribution in [2.24, 2.45) is 17.8 Å². The van der Waals surface area contributed by atoms with Crippen molar-refractivity contribution in [3.63, 3.8) is 0 Å². The summed E-state index contributed by atoms with van der Waals surface area (Å²) in [6.07, 6.45) is 0.636. The van der Waals surface area contributed by atoms with Gasteiger partial charge in [0.15, 0.2) is 6.10 Å². The number of likely N-dealkylation sites (N-methyl/N-ethyl adjacent to an activating group) is 2. The summed E-state index contributed by atoms with van der Waals surface area (Å²) in [5.41, 5.74) is 0. The minimum Gasteiger partial charge on any atom is -0.452 e. The van der Waals surface area contributed by atoms with E-state index in [1.807, 2.05) is 41.5 Å². The van der Waals surface area contributed by atoms with E-state index in [2.05, 4.69) is 10.6 Å². The number of cyclic esters (lactones) is 1. The summed E-state index contributed by atoms with van der Waals surface area (Å²) in [7, 11) is 3.04. The summed E-state index contributed by atoms with van der Waals surface area (Å²) < 4.78 is 5.59. The van der Waals surface area contributed by atoms with Gasteiger partial charge in [-0.2, -0.15) is 0 Å². The number of ether oxygens (including phenoxy) is 1. The predicted molar refractivity (Wildman–Crippen MR) is 157 cm³/mol. The van der Waals surface area contributed by atoms with Gasteiger partial charge in [0.2, 0.25) is 23.6 Å². The molecule has 6 atom stereocenters. The molecular formula is C30H51N5O7. The highest BCUT2D eigenvalue weighted by molar-refractivity contribution is 5.96. The van der Waals surface area contributed by atoms with Gasteiger partial charge in [-0.3, -0.25) is 28.8 Å². The molecule has 0 aromatic rings. The second-order valence-electron chi connectivity index (χ2n) is 12.5. The van der Waals surface area contributed by atoms with Crippen molar-refractivity contribution in [3.05, 3.63) is 0 Å². The Morgan fingerprint density at radius 3 is 2.12 bits per heavy atom. The molecule has 0 radical (unpaired) electrons. The van der Waals surface area contributed by atoms with Crippen LogP contribution in [0.4, 0.5) is 0 Å². The highest BCUT2D eigenvalue weighted by Crippen LogP contribution is 2.24. The maximum Gasteiger partial charge on any atom is 0.308 e. The third-order valence-corrected chi connectivity index (χ3v) is 8.44. The molecule has 2 saturated heterocycles. The molecule has 0 saturated carbocycles. The molecule has 0 aromatic carbocycles. The van der Waals surface area contributed by atoms with E-state index in [-0.39, 0.29) is 37.1 Å². The minimum atomic E-state index is -1.07. The zero-order valence-corrected chi connectivity index (χ0v) is 26.8. The van der Waals surface area contributed by atoms with Crippen molar-refractivity contribution in [2.75, 3.05) is 27.2 Å². The third kappa shape index (κ3) is 8.44. The summed E-state index contributed by atoms with van der Waals surface area (Å²) in [5, 5.41) is 5.57. The fraction of sp³-hybridized carbons (Fsp3) is 0.800. The van der Waals surface area contributed by atoms with Gasteiger partial charge < -0.3 is 30.1 Å². The second-order valence-corrected chi connectivity index (χ2v) is 12.5. The van der Waals surface area contributed by atoms with E-state index < -0.39 is 65.8 Å². The monoisotopic (exact) mass is 593 g/mol. The molecular weight excluding hydrogens is 542 g/mol. The molecule has 2 N–H and O–H groups in total. The van der Waals surface area contributed by atoms with E-state index in [0.717, 1.165) is 0 Å². The number of esters is 1. The average molecular weight is 594 g/mol. The van der Waals surface area contributed by atoms with Crippen LogP contribution in [0.25, 0.3) is 0 Å². The highest BCUT2D eigenvalue weighted by Gasteiger charge is 2.42. The van der Waals surface area contributed by atoms with Crippen LogP contribution in [0.3, 0.4) is 0 Å². The molecule has 0 aromatic heterocycles. The van der Waals surface area contributed by atoms with Gasteiger partial charge in [0.1, 0.15) is 24.2 Å². The molecule has 12 nitrogen and oxygen atoms in total.